The van der Waals surface area contributed by atoms with Crippen LogP contribution in [0, 0.1) is 5.92 Å². The number of nitrogens with one attached hydrogen (secondary N) is 1. The highest BCUT2D eigenvalue weighted by molar-refractivity contribution is 9.10. The molecule has 2 aliphatic heterocycles. The Kier molecular flexibility index (Phi) is 4.31. The van der Waals surface area contributed by atoms with E-state index in [-0.39, 0.29) is 6.04 Å². The third-order valence-corrected chi connectivity index (χ3v) is 4.74. The lowest BCUT2D eigenvalue weighted by molar-refractivity contribution is 0.117. The molecule has 0 aliphatic carbocycles. The van der Waals surface area contributed by atoms with Gasteiger partial charge in [-0.3, -0.25) is 11.3 Å². The zero-order valence-electron chi connectivity index (χ0n) is 11.7. The van der Waals surface area contributed by atoms with Crippen LogP contribution < -0.4 is 16.0 Å². The van der Waals surface area contributed by atoms with Gasteiger partial charge < -0.3 is 9.47 Å². The zero-order chi connectivity index (χ0) is 14.1. The predicted octanol–water partition coefficient (Wildman–Crippen LogP) is 2.18. The summed E-state index contributed by atoms with van der Waals surface area (Å²) < 4.78 is 12.6. The van der Waals surface area contributed by atoms with Gasteiger partial charge in [0, 0.05) is 22.9 Å². The van der Waals surface area contributed by atoms with Gasteiger partial charge >= 0.3 is 0 Å². The average molecular weight is 341 g/mol. The molecular formula is C15H21BrN2O2. The number of ether oxygens (including phenoxy) is 2. The quantitative estimate of drug-likeness (QED) is 0.651. The van der Waals surface area contributed by atoms with Crippen LogP contribution in [-0.4, -0.2) is 25.4 Å². The van der Waals surface area contributed by atoms with Crippen LogP contribution in [0.5, 0.6) is 5.75 Å². The van der Waals surface area contributed by atoms with E-state index in [2.05, 4.69) is 40.4 Å². The number of fused-ring (bicyclic) bond motifs is 1. The smallest absolute Gasteiger partial charge is 0.125 e. The SMILES string of the molecule is CC1CC(C(Cc2cc(Br)cc3c2OCC3)NN)CO1. The molecule has 5 heteroatoms. The summed E-state index contributed by atoms with van der Waals surface area (Å²) in [5, 5.41) is 0. The molecule has 1 aromatic carbocycles. The van der Waals surface area contributed by atoms with E-state index in [1.165, 1.54) is 11.1 Å². The molecule has 3 N–H and O–H groups in total. The maximum atomic E-state index is 5.79. The summed E-state index contributed by atoms with van der Waals surface area (Å²) in [5.41, 5.74) is 5.50. The van der Waals surface area contributed by atoms with Crippen LogP contribution in [-0.2, 0) is 17.6 Å². The van der Waals surface area contributed by atoms with Crippen molar-refractivity contribution in [3.8, 4) is 5.75 Å². The summed E-state index contributed by atoms with van der Waals surface area (Å²) in [6.45, 7) is 3.68. The Morgan fingerprint density at radius 1 is 1.50 bits per heavy atom. The normalized spacial score (nSPS) is 26.4. The number of hydrogen-bond acceptors (Lipinski definition) is 4. The van der Waals surface area contributed by atoms with E-state index in [0.717, 1.165) is 42.7 Å². The van der Waals surface area contributed by atoms with Gasteiger partial charge in [0.05, 0.1) is 19.3 Å². The van der Waals surface area contributed by atoms with Gasteiger partial charge in [-0.2, -0.15) is 0 Å². The van der Waals surface area contributed by atoms with Crippen LogP contribution in [0.2, 0.25) is 0 Å². The number of halogens is 1. The van der Waals surface area contributed by atoms with E-state index < -0.39 is 0 Å². The molecule has 0 bridgehead atoms. The summed E-state index contributed by atoms with van der Waals surface area (Å²) in [6, 6.07) is 4.52. The van der Waals surface area contributed by atoms with Crippen molar-refractivity contribution in [2.24, 2.45) is 11.8 Å². The van der Waals surface area contributed by atoms with Crippen molar-refractivity contribution in [3.05, 3.63) is 27.7 Å². The molecule has 0 aromatic heterocycles. The number of hydrogen-bond donors (Lipinski definition) is 2. The first-order valence-electron chi connectivity index (χ1n) is 7.19. The molecule has 4 nitrogen and oxygen atoms in total. The minimum absolute atomic E-state index is 0.225. The summed E-state index contributed by atoms with van der Waals surface area (Å²) in [5.74, 6) is 7.29. The second-order valence-corrected chi connectivity index (χ2v) is 6.68. The first-order chi connectivity index (χ1) is 9.67. The van der Waals surface area contributed by atoms with Crippen LogP contribution in [0.4, 0.5) is 0 Å². The molecule has 110 valence electrons. The molecule has 0 amide bonds. The first-order valence-corrected chi connectivity index (χ1v) is 7.98. The van der Waals surface area contributed by atoms with Crippen molar-refractivity contribution >= 4 is 15.9 Å². The molecule has 3 unspecified atom stereocenters. The molecule has 3 rings (SSSR count). The maximum absolute atomic E-state index is 5.79. The molecule has 20 heavy (non-hydrogen) atoms. The second kappa shape index (κ2) is 6.02. The van der Waals surface area contributed by atoms with E-state index in [9.17, 15) is 0 Å². The van der Waals surface area contributed by atoms with Gasteiger partial charge in [0.1, 0.15) is 5.75 Å². The second-order valence-electron chi connectivity index (χ2n) is 5.77. The molecule has 0 radical (unpaired) electrons. The fourth-order valence-electron chi connectivity index (χ4n) is 3.23. The Hall–Kier alpha value is -0.620. The van der Waals surface area contributed by atoms with E-state index >= 15 is 0 Å². The highest BCUT2D eigenvalue weighted by atomic mass is 79.9. The van der Waals surface area contributed by atoms with Gasteiger partial charge in [-0.25, -0.2) is 0 Å². The van der Waals surface area contributed by atoms with Crippen LogP contribution in [0.3, 0.4) is 0 Å². The van der Waals surface area contributed by atoms with E-state index in [1.54, 1.807) is 0 Å². The molecule has 2 aliphatic rings. The Morgan fingerprint density at radius 2 is 2.35 bits per heavy atom. The summed E-state index contributed by atoms with van der Waals surface area (Å²) >= 11 is 3.59. The average Bonchev–Trinajstić information content (AvgIpc) is 3.04. The van der Waals surface area contributed by atoms with Crippen molar-refractivity contribution in [1.82, 2.24) is 5.43 Å². The Bertz CT molecular complexity index is 495. The summed E-state index contributed by atoms with van der Waals surface area (Å²) in [7, 11) is 0. The molecule has 1 aromatic rings. The molecule has 3 atom stereocenters. The topological polar surface area (TPSA) is 56.5 Å². The lowest BCUT2D eigenvalue weighted by Gasteiger charge is -2.22. The highest BCUT2D eigenvalue weighted by Gasteiger charge is 2.30. The Balaban J connectivity index is 1.79. The highest BCUT2D eigenvalue weighted by Crippen LogP contribution is 2.35. The van der Waals surface area contributed by atoms with Crippen molar-refractivity contribution in [1.29, 1.82) is 0 Å². The van der Waals surface area contributed by atoms with Gasteiger partial charge in [0.15, 0.2) is 0 Å². The van der Waals surface area contributed by atoms with E-state index in [4.69, 9.17) is 15.3 Å². The molecule has 1 saturated heterocycles. The minimum Gasteiger partial charge on any atom is -0.493 e. The molecule has 1 fully saturated rings. The minimum atomic E-state index is 0.225. The largest absolute Gasteiger partial charge is 0.493 e. The molecular weight excluding hydrogens is 320 g/mol. The molecule has 0 spiro atoms. The lowest BCUT2D eigenvalue weighted by Crippen LogP contribution is -2.42. The van der Waals surface area contributed by atoms with Gasteiger partial charge in [-0.1, -0.05) is 15.9 Å². The number of rotatable bonds is 4. The van der Waals surface area contributed by atoms with Crippen molar-refractivity contribution < 1.29 is 9.47 Å². The Morgan fingerprint density at radius 3 is 3.05 bits per heavy atom. The third-order valence-electron chi connectivity index (χ3n) is 4.28. The van der Waals surface area contributed by atoms with Gasteiger partial charge in [0.25, 0.3) is 0 Å². The molecule has 0 saturated carbocycles. The zero-order valence-corrected chi connectivity index (χ0v) is 13.3. The number of benzene rings is 1. The summed E-state index contributed by atoms with van der Waals surface area (Å²) in [4.78, 5) is 0. The van der Waals surface area contributed by atoms with Crippen LogP contribution in [0.1, 0.15) is 24.5 Å². The lowest BCUT2D eigenvalue weighted by atomic mass is 9.91. The monoisotopic (exact) mass is 340 g/mol. The maximum Gasteiger partial charge on any atom is 0.125 e. The predicted molar refractivity (Wildman–Crippen MR) is 81.7 cm³/mol. The first kappa shape index (κ1) is 14.3. The Labute approximate surface area is 128 Å². The van der Waals surface area contributed by atoms with Crippen molar-refractivity contribution in [2.45, 2.75) is 38.3 Å². The summed E-state index contributed by atoms with van der Waals surface area (Å²) in [6.07, 6.45) is 3.26. The van der Waals surface area contributed by atoms with Crippen molar-refractivity contribution in [2.75, 3.05) is 13.2 Å². The van der Waals surface area contributed by atoms with Crippen LogP contribution in [0.25, 0.3) is 0 Å². The van der Waals surface area contributed by atoms with E-state index in [1.807, 2.05) is 0 Å². The molecule has 2 heterocycles. The van der Waals surface area contributed by atoms with Crippen LogP contribution in [0.15, 0.2) is 16.6 Å². The van der Waals surface area contributed by atoms with Gasteiger partial charge in [-0.05, 0) is 43.0 Å². The van der Waals surface area contributed by atoms with Gasteiger partial charge in [-0.15, -0.1) is 0 Å². The van der Waals surface area contributed by atoms with Gasteiger partial charge in [0.2, 0.25) is 0 Å². The van der Waals surface area contributed by atoms with E-state index in [0.29, 0.717) is 12.0 Å². The number of hydrazine groups is 1. The standard InChI is InChI=1S/C15H21BrN2O2/c1-9-4-12(8-20-9)14(18-17)7-11-6-13(16)5-10-2-3-19-15(10)11/h5-6,9,12,14,18H,2-4,7-8,17H2,1H3. The number of nitrogens with two attached hydrogens (primary N) is 1. The van der Waals surface area contributed by atoms with Crippen molar-refractivity contribution in [3.63, 3.8) is 0 Å². The fourth-order valence-corrected chi connectivity index (χ4v) is 3.78. The third kappa shape index (κ3) is 2.86. The van der Waals surface area contributed by atoms with Crippen LogP contribution >= 0.6 is 15.9 Å². The fraction of sp³-hybridized carbons (Fsp3) is 0.600.